The Bertz CT molecular complexity index is 587. The lowest BCUT2D eigenvalue weighted by atomic mass is 10.2. The Kier molecular flexibility index (Phi) is 3.89. The van der Waals surface area contributed by atoms with Gasteiger partial charge in [-0.1, -0.05) is 18.2 Å². The minimum absolute atomic E-state index is 0.144. The van der Waals surface area contributed by atoms with Gasteiger partial charge in [0.2, 0.25) is 5.91 Å². The van der Waals surface area contributed by atoms with E-state index < -0.39 is 0 Å². The average molecular weight is 258 g/mol. The SMILES string of the molecule is Cc1nc(/C=C/C(=O)Nc2ccccc2C)cs1. The molecule has 0 aliphatic carbocycles. The molecule has 0 bridgehead atoms. The largest absolute Gasteiger partial charge is 0.322 e. The predicted octanol–water partition coefficient (Wildman–Crippen LogP) is 3.41. The number of nitrogens with one attached hydrogen (secondary N) is 1. The van der Waals surface area contributed by atoms with Gasteiger partial charge in [0.05, 0.1) is 10.7 Å². The molecule has 0 atom stereocenters. The number of hydrogen-bond donors (Lipinski definition) is 1. The molecule has 0 saturated carbocycles. The Balaban J connectivity index is 2.01. The van der Waals surface area contributed by atoms with Crippen molar-refractivity contribution in [1.29, 1.82) is 0 Å². The third kappa shape index (κ3) is 3.28. The van der Waals surface area contributed by atoms with Crippen molar-refractivity contribution in [3.63, 3.8) is 0 Å². The first kappa shape index (κ1) is 12.5. The van der Waals surface area contributed by atoms with Crippen molar-refractivity contribution in [1.82, 2.24) is 4.98 Å². The second-order valence-corrected chi connectivity index (χ2v) is 4.99. The van der Waals surface area contributed by atoms with Crippen molar-refractivity contribution in [3.05, 3.63) is 52.0 Å². The van der Waals surface area contributed by atoms with Crippen LogP contribution in [-0.2, 0) is 4.79 Å². The lowest BCUT2D eigenvalue weighted by Crippen LogP contribution is -2.08. The number of benzene rings is 1. The molecule has 1 aromatic heterocycles. The molecule has 0 aliphatic heterocycles. The third-order valence-corrected chi connectivity index (χ3v) is 3.24. The molecular formula is C14H14N2OS. The molecular weight excluding hydrogens is 244 g/mol. The fourth-order valence-corrected chi connectivity index (χ4v) is 2.09. The van der Waals surface area contributed by atoms with E-state index in [1.165, 1.54) is 6.08 Å². The van der Waals surface area contributed by atoms with Crippen molar-refractivity contribution < 1.29 is 4.79 Å². The lowest BCUT2D eigenvalue weighted by molar-refractivity contribution is -0.111. The maximum Gasteiger partial charge on any atom is 0.248 e. The molecule has 0 saturated heterocycles. The monoisotopic (exact) mass is 258 g/mol. The van der Waals surface area contributed by atoms with Gasteiger partial charge in [-0.15, -0.1) is 11.3 Å². The summed E-state index contributed by atoms with van der Waals surface area (Å²) in [5, 5.41) is 5.76. The van der Waals surface area contributed by atoms with Gasteiger partial charge >= 0.3 is 0 Å². The highest BCUT2D eigenvalue weighted by atomic mass is 32.1. The zero-order valence-corrected chi connectivity index (χ0v) is 11.1. The molecule has 0 unspecified atom stereocenters. The van der Waals surface area contributed by atoms with Crippen LogP contribution in [0.2, 0.25) is 0 Å². The van der Waals surface area contributed by atoms with Gasteiger partial charge in [0, 0.05) is 17.1 Å². The minimum atomic E-state index is -0.144. The van der Waals surface area contributed by atoms with Crippen molar-refractivity contribution >= 4 is 29.0 Å². The van der Waals surface area contributed by atoms with Crippen LogP contribution >= 0.6 is 11.3 Å². The highest BCUT2D eigenvalue weighted by Gasteiger charge is 2.00. The summed E-state index contributed by atoms with van der Waals surface area (Å²) in [7, 11) is 0. The van der Waals surface area contributed by atoms with Gasteiger partial charge in [0.25, 0.3) is 0 Å². The number of hydrogen-bond acceptors (Lipinski definition) is 3. The molecule has 1 amide bonds. The van der Waals surface area contributed by atoms with E-state index in [1.807, 2.05) is 43.5 Å². The van der Waals surface area contributed by atoms with Gasteiger partial charge in [0.15, 0.2) is 0 Å². The van der Waals surface area contributed by atoms with Crippen LogP contribution in [-0.4, -0.2) is 10.9 Å². The molecule has 0 spiro atoms. The number of aryl methyl sites for hydroxylation is 2. The average Bonchev–Trinajstić information content (AvgIpc) is 2.76. The standard InChI is InChI=1S/C14H14N2OS/c1-10-5-3-4-6-13(10)16-14(17)8-7-12-9-18-11(2)15-12/h3-9H,1-2H3,(H,16,17)/b8-7+. The van der Waals surface area contributed by atoms with Crippen molar-refractivity contribution in [2.45, 2.75) is 13.8 Å². The highest BCUT2D eigenvalue weighted by molar-refractivity contribution is 7.09. The summed E-state index contributed by atoms with van der Waals surface area (Å²) in [6.07, 6.45) is 3.22. The van der Waals surface area contributed by atoms with Gasteiger partial charge in [-0.25, -0.2) is 4.98 Å². The van der Waals surface area contributed by atoms with E-state index in [4.69, 9.17) is 0 Å². The zero-order chi connectivity index (χ0) is 13.0. The van der Waals surface area contributed by atoms with E-state index >= 15 is 0 Å². The maximum atomic E-state index is 11.7. The molecule has 18 heavy (non-hydrogen) atoms. The fraction of sp³-hybridized carbons (Fsp3) is 0.143. The summed E-state index contributed by atoms with van der Waals surface area (Å²) >= 11 is 1.57. The van der Waals surface area contributed by atoms with E-state index in [-0.39, 0.29) is 5.91 Å². The lowest BCUT2D eigenvalue weighted by Gasteiger charge is -2.04. The molecule has 3 nitrogen and oxygen atoms in total. The van der Waals surface area contributed by atoms with Gasteiger partial charge < -0.3 is 5.32 Å². The Labute approximate surface area is 110 Å². The van der Waals surface area contributed by atoms with Crippen LogP contribution in [0.25, 0.3) is 6.08 Å². The van der Waals surface area contributed by atoms with Crippen LogP contribution < -0.4 is 5.32 Å². The van der Waals surface area contributed by atoms with Crippen LogP contribution in [0.15, 0.2) is 35.7 Å². The number of amides is 1. The molecule has 1 aromatic carbocycles. The molecule has 1 N–H and O–H groups in total. The zero-order valence-electron chi connectivity index (χ0n) is 10.3. The van der Waals surface area contributed by atoms with Crippen LogP contribution in [0.5, 0.6) is 0 Å². The van der Waals surface area contributed by atoms with Crippen molar-refractivity contribution in [2.75, 3.05) is 5.32 Å². The first-order chi connectivity index (χ1) is 8.65. The smallest absolute Gasteiger partial charge is 0.248 e. The third-order valence-electron chi connectivity index (χ3n) is 2.45. The van der Waals surface area contributed by atoms with Crippen LogP contribution in [0.4, 0.5) is 5.69 Å². The van der Waals surface area contributed by atoms with Crippen LogP contribution in [0.3, 0.4) is 0 Å². The van der Waals surface area contributed by atoms with E-state index in [0.717, 1.165) is 22.0 Å². The summed E-state index contributed by atoms with van der Waals surface area (Å²) in [5.41, 5.74) is 2.70. The van der Waals surface area contributed by atoms with Gasteiger partial charge in [-0.2, -0.15) is 0 Å². The number of aromatic nitrogens is 1. The number of carbonyl (C=O) groups excluding carboxylic acids is 1. The minimum Gasteiger partial charge on any atom is -0.322 e. The number of thiazole rings is 1. The Morgan fingerprint density at radius 1 is 1.33 bits per heavy atom. The van der Waals surface area contributed by atoms with E-state index in [9.17, 15) is 4.79 Å². The van der Waals surface area contributed by atoms with Gasteiger partial charge in [-0.3, -0.25) is 4.79 Å². The Morgan fingerprint density at radius 2 is 2.11 bits per heavy atom. The van der Waals surface area contributed by atoms with E-state index in [2.05, 4.69) is 10.3 Å². The molecule has 2 aromatic rings. The predicted molar refractivity (Wildman–Crippen MR) is 75.7 cm³/mol. The second-order valence-electron chi connectivity index (χ2n) is 3.93. The Hall–Kier alpha value is -1.94. The first-order valence-electron chi connectivity index (χ1n) is 5.62. The molecule has 0 radical (unpaired) electrons. The number of rotatable bonds is 3. The summed E-state index contributed by atoms with van der Waals surface area (Å²) in [6.45, 7) is 3.90. The summed E-state index contributed by atoms with van der Waals surface area (Å²) < 4.78 is 0. The van der Waals surface area contributed by atoms with Crippen molar-refractivity contribution in [2.24, 2.45) is 0 Å². The normalized spacial score (nSPS) is 10.8. The number of carbonyl (C=O) groups is 1. The molecule has 0 fully saturated rings. The molecule has 4 heteroatoms. The fourth-order valence-electron chi connectivity index (χ4n) is 1.51. The highest BCUT2D eigenvalue weighted by Crippen LogP contribution is 2.13. The molecule has 2 rings (SSSR count). The second kappa shape index (κ2) is 5.60. The van der Waals surface area contributed by atoms with Gasteiger partial charge in [0.1, 0.15) is 0 Å². The van der Waals surface area contributed by atoms with Crippen molar-refractivity contribution in [3.8, 4) is 0 Å². The topological polar surface area (TPSA) is 42.0 Å². The van der Waals surface area contributed by atoms with Crippen LogP contribution in [0.1, 0.15) is 16.3 Å². The van der Waals surface area contributed by atoms with E-state index in [1.54, 1.807) is 17.4 Å². The number of para-hydroxylation sites is 1. The Morgan fingerprint density at radius 3 is 2.78 bits per heavy atom. The van der Waals surface area contributed by atoms with Gasteiger partial charge in [-0.05, 0) is 31.6 Å². The first-order valence-corrected chi connectivity index (χ1v) is 6.50. The summed E-state index contributed by atoms with van der Waals surface area (Å²) in [4.78, 5) is 16.0. The number of anilines is 1. The summed E-state index contributed by atoms with van der Waals surface area (Å²) in [5.74, 6) is -0.144. The van der Waals surface area contributed by atoms with Crippen LogP contribution in [0, 0.1) is 13.8 Å². The quantitative estimate of drug-likeness (QED) is 0.857. The van der Waals surface area contributed by atoms with E-state index in [0.29, 0.717) is 0 Å². The summed E-state index contributed by atoms with van der Waals surface area (Å²) in [6, 6.07) is 7.69. The maximum absolute atomic E-state index is 11.7. The molecule has 92 valence electrons. The molecule has 1 heterocycles. The molecule has 0 aliphatic rings. The number of nitrogens with zero attached hydrogens (tertiary/aromatic N) is 1.